The molecule has 2 aromatic carbocycles. The van der Waals surface area contributed by atoms with E-state index in [1.807, 2.05) is 0 Å². The monoisotopic (exact) mass is 467 g/mol. The molecule has 0 spiro atoms. The van der Waals surface area contributed by atoms with Gasteiger partial charge in [0.05, 0.1) is 7.11 Å². The van der Waals surface area contributed by atoms with Crippen LogP contribution in [0.2, 0.25) is 0 Å². The Kier molecular flexibility index (Phi) is 6.86. The number of rotatable bonds is 7. The number of hydrogen-bond donors (Lipinski definition) is 1. The summed E-state index contributed by atoms with van der Waals surface area (Å²) in [6.45, 7) is 1.61. The number of hydrogen-bond acceptors (Lipinski definition) is 4. The van der Waals surface area contributed by atoms with Crippen LogP contribution in [0.15, 0.2) is 48.5 Å². The number of carbonyl (C=O) groups excluding carboxylic acids is 3. The van der Waals surface area contributed by atoms with E-state index in [-0.39, 0.29) is 24.3 Å². The second-order valence-electron chi connectivity index (χ2n) is 9.11. The number of ether oxygens (including phenoxy) is 1. The van der Waals surface area contributed by atoms with Crippen LogP contribution in [-0.2, 0) is 21.7 Å². The quantitative estimate of drug-likeness (QED) is 0.625. The zero-order valence-corrected chi connectivity index (χ0v) is 19.6. The summed E-state index contributed by atoms with van der Waals surface area (Å²) in [5.74, 6) is -0.461. The average Bonchev–Trinajstić information content (AvgIpc) is 3.08. The molecule has 4 amide bonds. The van der Waals surface area contributed by atoms with E-state index in [1.54, 1.807) is 55.3 Å². The Morgan fingerprint density at radius 1 is 1.09 bits per heavy atom. The largest absolute Gasteiger partial charge is 0.497 e. The number of nitrogens with one attached hydrogen (secondary N) is 1. The first-order chi connectivity index (χ1) is 16.3. The molecule has 1 N–H and O–H groups in total. The van der Waals surface area contributed by atoms with Crippen molar-refractivity contribution in [2.24, 2.45) is 0 Å². The lowest BCUT2D eigenvalue weighted by atomic mass is 9.92. The van der Waals surface area contributed by atoms with Crippen LogP contribution in [0.25, 0.3) is 0 Å². The number of halogens is 1. The van der Waals surface area contributed by atoms with E-state index >= 15 is 0 Å². The molecule has 2 aliphatic rings. The molecule has 8 heteroatoms. The van der Waals surface area contributed by atoms with E-state index < -0.39 is 17.5 Å². The molecule has 1 aliphatic heterocycles. The lowest BCUT2D eigenvalue weighted by molar-refractivity contribution is -0.141. The minimum Gasteiger partial charge on any atom is -0.497 e. The number of urea groups is 1. The SMILES string of the molecule is COc1ccc(C2(C)NC(=O)N(CC(=O)N(Cc3ccc(F)cc3)C3CCCCC3)C2=O)cc1. The van der Waals surface area contributed by atoms with E-state index in [9.17, 15) is 18.8 Å². The molecular weight excluding hydrogens is 437 g/mol. The van der Waals surface area contributed by atoms with Crippen LogP contribution in [0.4, 0.5) is 9.18 Å². The summed E-state index contributed by atoms with van der Waals surface area (Å²) in [5.41, 5.74) is 0.147. The zero-order chi connectivity index (χ0) is 24.3. The smallest absolute Gasteiger partial charge is 0.325 e. The molecule has 2 aromatic rings. The molecule has 0 bridgehead atoms. The lowest BCUT2D eigenvalue weighted by Crippen LogP contribution is -2.48. The first-order valence-corrected chi connectivity index (χ1v) is 11.6. The fraction of sp³-hybridized carbons (Fsp3) is 0.423. The topological polar surface area (TPSA) is 79.0 Å². The van der Waals surface area contributed by atoms with Gasteiger partial charge >= 0.3 is 6.03 Å². The predicted molar refractivity (Wildman–Crippen MR) is 124 cm³/mol. The number of benzene rings is 2. The minimum atomic E-state index is -1.27. The second kappa shape index (κ2) is 9.83. The predicted octanol–water partition coefficient (Wildman–Crippen LogP) is 3.96. The molecule has 1 aliphatic carbocycles. The highest BCUT2D eigenvalue weighted by molar-refractivity contribution is 6.09. The summed E-state index contributed by atoms with van der Waals surface area (Å²) < 4.78 is 18.5. The number of carbonyl (C=O) groups is 3. The van der Waals surface area contributed by atoms with Crippen molar-refractivity contribution < 1.29 is 23.5 Å². The van der Waals surface area contributed by atoms with Crippen LogP contribution in [0.3, 0.4) is 0 Å². The molecule has 34 heavy (non-hydrogen) atoms. The second-order valence-corrected chi connectivity index (χ2v) is 9.11. The van der Waals surface area contributed by atoms with Gasteiger partial charge in [-0.2, -0.15) is 0 Å². The maximum atomic E-state index is 13.5. The Morgan fingerprint density at radius 3 is 2.35 bits per heavy atom. The molecule has 1 atom stereocenters. The molecule has 2 fully saturated rings. The van der Waals surface area contributed by atoms with Crippen molar-refractivity contribution in [3.8, 4) is 5.75 Å². The summed E-state index contributed by atoms with van der Waals surface area (Å²) in [6.07, 6.45) is 4.92. The first kappa shape index (κ1) is 23.7. The molecule has 1 heterocycles. The molecule has 4 rings (SSSR count). The maximum absolute atomic E-state index is 13.5. The van der Waals surface area contributed by atoms with Crippen molar-refractivity contribution in [3.05, 3.63) is 65.5 Å². The van der Waals surface area contributed by atoms with Crippen LogP contribution < -0.4 is 10.1 Å². The fourth-order valence-corrected chi connectivity index (χ4v) is 4.79. The summed E-state index contributed by atoms with van der Waals surface area (Å²) in [6, 6.07) is 12.4. The Balaban J connectivity index is 1.53. The number of nitrogens with zero attached hydrogens (tertiary/aromatic N) is 2. The number of amides is 4. The van der Waals surface area contributed by atoms with Gasteiger partial charge in [0.2, 0.25) is 5.91 Å². The lowest BCUT2D eigenvalue weighted by Gasteiger charge is -2.35. The van der Waals surface area contributed by atoms with Gasteiger partial charge in [-0.25, -0.2) is 9.18 Å². The van der Waals surface area contributed by atoms with Gasteiger partial charge in [0.1, 0.15) is 23.7 Å². The molecule has 7 nitrogen and oxygen atoms in total. The van der Waals surface area contributed by atoms with Crippen molar-refractivity contribution >= 4 is 17.8 Å². The summed E-state index contributed by atoms with van der Waals surface area (Å²) in [5, 5.41) is 2.75. The Morgan fingerprint density at radius 2 is 1.74 bits per heavy atom. The van der Waals surface area contributed by atoms with E-state index in [2.05, 4.69) is 5.32 Å². The van der Waals surface area contributed by atoms with Crippen LogP contribution in [0.5, 0.6) is 5.75 Å². The number of imide groups is 1. The molecule has 0 aromatic heterocycles. The van der Waals surface area contributed by atoms with E-state index in [0.29, 0.717) is 17.9 Å². The Labute approximate surface area is 198 Å². The average molecular weight is 468 g/mol. The van der Waals surface area contributed by atoms with Gasteiger partial charge in [0, 0.05) is 12.6 Å². The standard InChI is InChI=1S/C26H30FN3O4/c1-26(19-10-14-22(34-2)15-11-19)24(32)30(25(33)28-26)17-23(31)29(21-6-4-3-5-7-21)16-18-8-12-20(27)13-9-18/h8-15,21H,3-7,16-17H2,1-2H3,(H,28,33). The van der Waals surface area contributed by atoms with Crippen LogP contribution in [0, 0.1) is 5.82 Å². The summed E-state index contributed by atoms with van der Waals surface area (Å²) in [7, 11) is 1.55. The highest BCUT2D eigenvalue weighted by atomic mass is 19.1. The molecule has 1 saturated carbocycles. The highest BCUT2D eigenvalue weighted by Crippen LogP contribution is 2.31. The summed E-state index contributed by atoms with van der Waals surface area (Å²) >= 11 is 0. The first-order valence-electron chi connectivity index (χ1n) is 11.6. The van der Waals surface area contributed by atoms with Crippen molar-refractivity contribution in [1.82, 2.24) is 15.1 Å². The van der Waals surface area contributed by atoms with Crippen molar-refractivity contribution in [2.45, 2.75) is 57.2 Å². The van der Waals surface area contributed by atoms with E-state index in [1.165, 1.54) is 12.1 Å². The van der Waals surface area contributed by atoms with Gasteiger partial charge < -0.3 is 15.0 Å². The third-order valence-corrected chi connectivity index (χ3v) is 6.84. The van der Waals surface area contributed by atoms with Gasteiger partial charge in [0.25, 0.3) is 5.91 Å². The number of methoxy groups -OCH3 is 1. The fourth-order valence-electron chi connectivity index (χ4n) is 4.79. The molecule has 1 saturated heterocycles. The maximum Gasteiger partial charge on any atom is 0.325 e. The van der Waals surface area contributed by atoms with Crippen LogP contribution in [-0.4, -0.2) is 47.3 Å². The van der Waals surface area contributed by atoms with Crippen LogP contribution in [0.1, 0.15) is 50.2 Å². The molecule has 0 radical (unpaired) electrons. The van der Waals surface area contributed by atoms with Gasteiger partial charge in [-0.15, -0.1) is 0 Å². The van der Waals surface area contributed by atoms with Gasteiger partial charge in [0.15, 0.2) is 0 Å². The Hall–Kier alpha value is -3.42. The Bertz CT molecular complexity index is 1050. The van der Waals surface area contributed by atoms with Crippen molar-refractivity contribution in [1.29, 1.82) is 0 Å². The normalized spacial score (nSPS) is 20.9. The van der Waals surface area contributed by atoms with Gasteiger partial charge in [-0.3, -0.25) is 14.5 Å². The molecule has 1 unspecified atom stereocenters. The van der Waals surface area contributed by atoms with E-state index in [4.69, 9.17) is 4.74 Å². The third kappa shape index (κ3) is 4.76. The van der Waals surface area contributed by atoms with Crippen molar-refractivity contribution in [2.75, 3.05) is 13.7 Å². The van der Waals surface area contributed by atoms with Crippen molar-refractivity contribution in [3.63, 3.8) is 0 Å². The molecule has 180 valence electrons. The summed E-state index contributed by atoms with van der Waals surface area (Å²) in [4.78, 5) is 42.3. The van der Waals surface area contributed by atoms with Crippen LogP contribution >= 0.6 is 0 Å². The zero-order valence-electron chi connectivity index (χ0n) is 19.6. The third-order valence-electron chi connectivity index (χ3n) is 6.84. The highest BCUT2D eigenvalue weighted by Gasteiger charge is 2.50. The van der Waals surface area contributed by atoms with Gasteiger partial charge in [-0.05, 0) is 55.2 Å². The molecular formula is C26H30FN3O4. The van der Waals surface area contributed by atoms with Gasteiger partial charge in [-0.1, -0.05) is 43.5 Å². The minimum absolute atomic E-state index is 0.0278. The van der Waals surface area contributed by atoms with E-state index in [0.717, 1.165) is 42.6 Å².